The number of halogens is 1. The van der Waals surface area contributed by atoms with E-state index in [0.29, 0.717) is 25.0 Å². The molecule has 2 aromatic rings. The summed E-state index contributed by atoms with van der Waals surface area (Å²) in [6.07, 6.45) is 1.18. The summed E-state index contributed by atoms with van der Waals surface area (Å²) in [4.78, 5) is 40.9. The Morgan fingerprint density at radius 2 is 2.04 bits per heavy atom. The Kier molecular flexibility index (Phi) is 5.51. The third-order valence-corrected chi connectivity index (χ3v) is 4.65. The van der Waals surface area contributed by atoms with Crippen LogP contribution in [0.3, 0.4) is 0 Å². The van der Waals surface area contributed by atoms with Gasteiger partial charge in [0.25, 0.3) is 0 Å². The third-order valence-electron chi connectivity index (χ3n) is 4.65. The maximum absolute atomic E-state index is 14.2. The zero-order chi connectivity index (χ0) is 20.5. The number of nitrogens with one attached hydrogen (secondary N) is 3. The summed E-state index contributed by atoms with van der Waals surface area (Å²) < 4.78 is 19.5. The van der Waals surface area contributed by atoms with E-state index >= 15 is 0 Å². The Balaban J connectivity index is 1.87. The molecule has 150 valence electrons. The van der Waals surface area contributed by atoms with E-state index in [1.165, 1.54) is 18.3 Å². The molecule has 28 heavy (non-hydrogen) atoms. The Labute approximate surface area is 162 Å². The lowest BCUT2D eigenvalue weighted by molar-refractivity contribution is -0.118. The molecule has 0 aliphatic carbocycles. The summed E-state index contributed by atoms with van der Waals surface area (Å²) in [6.45, 7) is 6.29. The molecule has 1 aliphatic rings. The maximum atomic E-state index is 14.2. The quantitative estimate of drug-likeness (QED) is 0.539. The largest absolute Gasteiger partial charge is 0.444 e. The zero-order valence-corrected chi connectivity index (χ0v) is 16.1. The first-order valence-electron chi connectivity index (χ1n) is 9.22. The average Bonchev–Trinajstić information content (AvgIpc) is 3.27. The molecule has 7 nitrogen and oxygen atoms in total. The van der Waals surface area contributed by atoms with Crippen molar-refractivity contribution in [2.24, 2.45) is 5.92 Å². The van der Waals surface area contributed by atoms with Gasteiger partial charge >= 0.3 is 6.09 Å². The molecule has 1 aromatic heterocycles. The third kappa shape index (κ3) is 4.22. The van der Waals surface area contributed by atoms with Crippen LogP contribution in [0.25, 0.3) is 10.9 Å². The highest BCUT2D eigenvalue weighted by atomic mass is 19.1. The fourth-order valence-corrected chi connectivity index (χ4v) is 3.39. The Morgan fingerprint density at radius 1 is 1.29 bits per heavy atom. The first-order chi connectivity index (χ1) is 13.2. The average molecular weight is 389 g/mol. The first-order valence-corrected chi connectivity index (χ1v) is 9.22. The number of Topliss-reactive ketones (excluding diaryl/α,β-unsaturated/α-hetero) is 2. The number of carbonyl (C=O) groups excluding carboxylic acids is 3. The normalized spacial score (nSPS) is 18.1. The van der Waals surface area contributed by atoms with Crippen LogP contribution in [0.15, 0.2) is 24.4 Å². The molecular weight excluding hydrogens is 365 g/mol. The second kappa shape index (κ2) is 7.71. The van der Waals surface area contributed by atoms with Gasteiger partial charge < -0.3 is 20.4 Å². The monoisotopic (exact) mass is 389 g/mol. The molecule has 2 heterocycles. The van der Waals surface area contributed by atoms with Crippen LogP contribution in [-0.4, -0.2) is 47.4 Å². The fourth-order valence-electron chi connectivity index (χ4n) is 3.39. The molecule has 0 spiro atoms. The van der Waals surface area contributed by atoms with Crippen molar-refractivity contribution in [2.75, 3.05) is 13.1 Å². The second-order valence-corrected chi connectivity index (χ2v) is 7.93. The van der Waals surface area contributed by atoms with Crippen LogP contribution in [0.2, 0.25) is 0 Å². The number of amides is 1. The lowest BCUT2D eigenvalue weighted by atomic mass is 9.91. The molecule has 2 atom stereocenters. The molecule has 1 amide bonds. The van der Waals surface area contributed by atoms with Gasteiger partial charge in [0, 0.05) is 29.6 Å². The molecule has 0 bridgehead atoms. The van der Waals surface area contributed by atoms with Crippen molar-refractivity contribution in [3.8, 4) is 0 Å². The number of ketones is 2. The fraction of sp³-hybridized carbons (Fsp3) is 0.450. The van der Waals surface area contributed by atoms with Crippen molar-refractivity contribution in [2.45, 2.75) is 38.8 Å². The van der Waals surface area contributed by atoms with Crippen LogP contribution < -0.4 is 10.6 Å². The van der Waals surface area contributed by atoms with Crippen LogP contribution in [0.5, 0.6) is 0 Å². The summed E-state index contributed by atoms with van der Waals surface area (Å²) in [5.41, 5.74) is -0.356. The van der Waals surface area contributed by atoms with Gasteiger partial charge in [-0.15, -0.1) is 0 Å². The minimum absolute atomic E-state index is 0.0416. The van der Waals surface area contributed by atoms with E-state index in [4.69, 9.17) is 4.74 Å². The van der Waals surface area contributed by atoms with E-state index < -0.39 is 35.1 Å². The topological polar surface area (TPSA) is 100 Å². The number of hydrogen-bond donors (Lipinski definition) is 3. The minimum atomic E-state index is -1.05. The van der Waals surface area contributed by atoms with Gasteiger partial charge in [0.1, 0.15) is 17.5 Å². The summed E-state index contributed by atoms with van der Waals surface area (Å²) >= 11 is 0. The zero-order valence-electron chi connectivity index (χ0n) is 16.1. The van der Waals surface area contributed by atoms with E-state index in [-0.39, 0.29) is 16.9 Å². The van der Waals surface area contributed by atoms with Gasteiger partial charge in [-0.3, -0.25) is 9.59 Å². The number of alkyl carbamates (subject to hydrolysis) is 1. The van der Waals surface area contributed by atoms with Crippen molar-refractivity contribution in [3.63, 3.8) is 0 Å². The van der Waals surface area contributed by atoms with Crippen molar-refractivity contribution in [1.29, 1.82) is 0 Å². The molecule has 2 unspecified atom stereocenters. The highest BCUT2D eigenvalue weighted by Crippen LogP contribution is 2.24. The standard InChI is InChI=1S/C20H24FN3O4/c1-20(2,3)28-19(27)24-16(11-7-8-22-9-11)18(26)17(25)12-10-23-14-6-4-5-13(21)15(12)14/h4-6,10-11,16,22-23H,7-9H2,1-3H3,(H,24,27). The van der Waals surface area contributed by atoms with E-state index in [1.54, 1.807) is 26.8 Å². The van der Waals surface area contributed by atoms with Crippen molar-refractivity contribution in [3.05, 3.63) is 35.8 Å². The van der Waals surface area contributed by atoms with Gasteiger partial charge in [-0.1, -0.05) is 6.07 Å². The number of aromatic nitrogens is 1. The molecule has 0 saturated carbocycles. The van der Waals surface area contributed by atoms with Crippen molar-refractivity contribution in [1.82, 2.24) is 15.6 Å². The molecule has 1 fully saturated rings. The maximum Gasteiger partial charge on any atom is 0.408 e. The number of aromatic amines is 1. The van der Waals surface area contributed by atoms with Gasteiger partial charge in [-0.25, -0.2) is 9.18 Å². The number of hydrogen-bond acceptors (Lipinski definition) is 5. The minimum Gasteiger partial charge on any atom is -0.444 e. The molecule has 0 radical (unpaired) electrons. The van der Waals surface area contributed by atoms with Gasteiger partial charge in [0.05, 0.1) is 5.56 Å². The van der Waals surface area contributed by atoms with Crippen LogP contribution in [0.4, 0.5) is 9.18 Å². The SMILES string of the molecule is CC(C)(C)OC(=O)NC(C(=O)C(=O)c1c[nH]c2cccc(F)c12)C1CCNC1. The van der Waals surface area contributed by atoms with Gasteiger partial charge in [0.15, 0.2) is 0 Å². The molecule has 8 heteroatoms. The lowest BCUT2D eigenvalue weighted by Gasteiger charge is -2.25. The predicted molar refractivity (Wildman–Crippen MR) is 102 cm³/mol. The first kappa shape index (κ1) is 20.0. The van der Waals surface area contributed by atoms with Crippen LogP contribution in [0.1, 0.15) is 37.6 Å². The van der Waals surface area contributed by atoms with E-state index in [2.05, 4.69) is 15.6 Å². The number of benzene rings is 1. The van der Waals surface area contributed by atoms with Crippen LogP contribution >= 0.6 is 0 Å². The van der Waals surface area contributed by atoms with Gasteiger partial charge in [-0.2, -0.15) is 0 Å². The van der Waals surface area contributed by atoms with Crippen LogP contribution in [0, 0.1) is 11.7 Å². The van der Waals surface area contributed by atoms with E-state index in [0.717, 1.165) is 0 Å². The Bertz CT molecular complexity index is 910. The highest BCUT2D eigenvalue weighted by Gasteiger charge is 2.37. The number of carbonyl (C=O) groups is 3. The van der Waals surface area contributed by atoms with E-state index in [9.17, 15) is 18.8 Å². The molecular formula is C20H24FN3O4. The molecule has 1 aliphatic heterocycles. The number of rotatable bonds is 5. The van der Waals surface area contributed by atoms with Gasteiger partial charge in [0.2, 0.25) is 11.6 Å². The molecule has 3 rings (SSSR count). The summed E-state index contributed by atoms with van der Waals surface area (Å²) in [7, 11) is 0. The van der Waals surface area contributed by atoms with Gasteiger partial charge in [-0.05, 0) is 45.9 Å². The summed E-state index contributed by atoms with van der Waals surface area (Å²) in [5, 5.41) is 5.74. The smallest absolute Gasteiger partial charge is 0.408 e. The highest BCUT2D eigenvalue weighted by molar-refractivity contribution is 6.47. The summed E-state index contributed by atoms with van der Waals surface area (Å²) in [5.74, 6) is -2.47. The number of H-pyrrole nitrogens is 1. The molecule has 1 saturated heterocycles. The molecule has 3 N–H and O–H groups in total. The van der Waals surface area contributed by atoms with Crippen molar-refractivity contribution < 1.29 is 23.5 Å². The number of ether oxygens (including phenoxy) is 1. The number of fused-ring (bicyclic) bond motifs is 1. The Hall–Kier alpha value is -2.74. The predicted octanol–water partition coefficient (Wildman–Crippen LogP) is 2.56. The second-order valence-electron chi connectivity index (χ2n) is 7.93. The lowest BCUT2D eigenvalue weighted by Crippen LogP contribution is -2.50. The van der Waals surface area contributed by atoms with Crippen LogP contribution in [-0.2, 0) is 9.53 Å². The molecule has 1 aromatic carbocycles. The Morgan fingerprint density at radius 3 is 2.68 bits per heavy atom. The van der Waals surface area contributed by atoms with E-state index in [1.807, 2.05) is 0 Å². The summed E-state index contributed by atoms with van der Waals surface area (Å²) in [6, 6.07) is 3.32. The van der Waals surface area contributed by atoms with Crippen molar-refractivity contribution >= 4 is 28.6 Å².